The molecule has 0 atom stereocenters. The molecule has 259 valence electrons. The number of carbonyl (C=O) groups excluding carboxylic acids is 1. The van der Waals surface area contributed by atoms with E-state index in [9.17, 15) is 9.90 Å². The van der Waals surface area contributed by atoms with Crippen LogP contribution < -0.4 is 0 Å². The van der Waals surface area contributed by atoms with E-state index in [1.54, 1.807) is 0 Å². The number of aromatic nitrogens is 3. The van der Waals surface area contributed by atoms with Crippen LogP contribution in [-0.4, -0.2) is 25.3 Å². The second-order valence-corrected chi connectivity index (χ2v) is 13.9. The summed E-state index contributed by atoms with van der Waals surface area (Å²) in [5.74, 6) is 0.547. The predicted molar refractivity (Wildman–Crippen MR) is 202 cm³/mol. The summed E-state index contributed by atoms with van der Waals surface area (Å²) in [5.41, 5.74) is 7.48. The molecule has 49 heavy (non-hydrogen) atoms. The van der Waals surface area contributed by atoms with Crippen molar-refractivity contribution in [2.75, 3.05) is 0 Å². The van der Waals surface area contributed by atoms with Crippen molar-refractivity contribution < 1.29 is 30.0 Å². The smallest absolute Gasteiger partial charge is 0.162 e. The molecule has 0 bridgehead atoms. The number of benzene rings is 3. The van der Waals surface area contributed by atoms with Crippen LogP contribution in [0.2, 0.25) is 0 Å². The van der Waals surface area contributed by atoms with Crippen molar-refractivity contribution in [3.05, 3.63) is 102 Å². The molecule has 1 radical (unpaired) electrons. The van der Waals surface area contributed by atoms with Crippen molar-refractivity contribution in [1.29, 1.82) is 0 Å². The SMILES string of the molecule is CCC(CC)C(=O)/C=C(\O)C(CC)CC.Cc1nc2c3c(ccn2c1C)c(-c1[c-]c2ccccc2c(C(C)(C)C)c1)nc1ccccc13.[Ir]. The summed E-state index contributed by atoms with van der Waals surface area (Å²) in [7, 11) is 0. The van der Waals surface area contributed by atoms with Crippen molar-refractivity contribution in [2.24, 2.45) is 11.8 Å². The normalized spacial score (nSPS) is 12.2. The van der Waals surface area contributed by atoms with Crippen molar-refractivity contribution in [3.63, 3.8) is 0 Å². The molecule has 1 N–H and O–H groups in total. The number of aryl methyl sites for hydroxylation is 2. The first-order valence-electron chi connectivity index (χ1n) is 17.5. The monoisotopic (exact) mass is 833 g/mol. The van der Waals surface area contributed by atoms with Crippen LogP contribution in [0.3, 0.4) is 0 Å². The molecule has 0 aliphatic heterocycles. The van der Waals surface area contributed by atoms with Gasteiger partial charge in [-0.2, -0.15) is 0 Å². The number of para-hydroxylation sites is 1. The Morgan fingerprint density at radius 2 is 1.47 bits per heavy atom. The second-order valence-electron chi connectivity index (χ2n) is 13.9. The first kappa shape index (κ1) is 37.9. The Bertz CT molecular complexity index is 2130. The summed E-state index contributed by atoms with van der Waals surface area (Å²) in [6.07, 6.45) is 7.03. The predicted octanol–water partition coefficient (Wildman–Crippen LogP) is 11.4. The van der Waals surface area contributed by atoms with Crippen LogP contribution in [0.1, 0.15) is 91.1 Å². The molecule has 0 saturated heterocycles. The average Bonchev–Trinajstić information content (AvgIpc) is 3.37. The van der Waals surface area contributed by atoms with E-state index in [2.05, 4.69) is 112 Å². The van der Waals surface area contributed by atoms with E-state index in [1.165, 1.54) is 22.7 Å². The Kier molecular flexibility index (Phi) is 12.2. The molecule has 6 heteroatoms. The first-order chi connectivity index (χ1) is 22.9. The van der Waals surface area contributed by atoms with Gasteiger partial charge in [0.15, 0.2) is 5.78 Å². The summed E-state index contributed by atoms with van der Waals surface area (Å²) < 4.78 is 2.19. The zero-order valence-corrected chi connectivity index (χ0v) is 32.8. The third kappa shape index (κ3) is 7.66. The number of nitrogens with zero attached hydrogens (tertiary/aromatic N) is 3. The molecular formula is C43H50IrN3O2-. The fourth-order valence-corrected chi connectivity index (χ4v) is 6.73. The van der Waals surface area contributed by atoms with Gasteiger partial charge in [-0.15, -0.1) is 29.1 Å². The van der Waals surface area contributed by atoms with Crippen LogP contribution in [0.5, 0.6) is 0 Å². The fourth-order valence-electron chi connectivity index (χ4n) is 6.73. The Morgan fingerprint density at radius 1 is 0.857 bits per heavy atom. The Balaban J connectivity index is 0.000000290. The number of pyridine rings is 2. The maximum Gasteiger partial charge on any atom is 0.162 e. The van der Waals surface area contributed by atoms with Crippen LogP contribution in [0.4, 0.5) is 0 Å². The van der Waals surface area contributed by atoms with Gasteiger partial charge in [0.05, 0.1) is 17.0 Å². The standard InChI is InChI=1S/C30H26N3.C13H24O2.Ir/c1-18-19(2)33-15-14-24-27(29(33)31-18)23-12-8-9-13-26(23)32-28(24)21-16-20-10-6-7-11-22(20)25(17-21)30(3,4)5;1-5-10(6-2)12(14)9-13(15)11(7-3)8-4;/h6-15,17H,1-5H3;9-11,14H,5-8H2,1-4H3;/q-1;;/b;12-9-;. The fraction of sp³-hybridized carbons (Fsp3) is 0.372. The minimum Gasteiger partial charge on any atom is -0.512 e. The van der Waals surface area contributed by atoms with Gasteiger partial charge in [0.1, 0.15) is 5.65 Å². The molecule has 0 amide bonds. The van der Waals surface area contributed by atoms with Crippen LogP contribution in [-0.2, 0) is 30.3 Å². The molecule has 3 aromatic carbocycles. The summed E-state index contributed by atoms with van der Waals surface area (Å²) in [4.78, 5) is 21.8. The number of hydrogen-bond acceptors (Lipinski definition) is 4. The third-order valence-corrected chi connectivity index (χ3v) is 9.85. The number of allylic oxidation sites excluding steroid dienone is 2. The van der Waals surface area contributed by atoms with Crippen LogP contribution in [0.25, 0.3) is 49.4 Å². The maximum atomic E-state index is 11.7. The van der Waals surface area contributed by atoms with E-state index in [4.69, 9.17) is 9.97 Å². The number of fused-ring (bicyclic) bond motifs is 6. The zero-order valence-electron chi connectivity index (χ0n) is 30.4. The van der Waals surface area contributed by atoms with E-state index in [0.29, 0.717) is 0 Å². The number of aliphatic hydroxyl groups is 1. The van der Waals surface area contributed by atoms with E-state index in [-0.39, 0.29) is 48.9 Å². The molecule has 3 heterocycles. The molecule has 6 rings (SSSR count). The molecule has 0 unspecified atom stereocenters. The zero-order chi connectivity index (χ0) is 34.7. The van der Waals surface area contributed by atoms with Gasteiger partial charge >= 0.3 is 0 Å². The average molecular weight is 833 g/mol. The van der Waals surface area contributed by atoms with Crippen molar-refractivity contribution in [2.45, 2.75) is 93.4 Å². The van der Waals surface area contributed by atoms with Crippen molar-refractivity contribution >= 4 is 43.9 Å². The topological polar surface area (TPSA) is 67.5 Å². The number of imidazole rings is 1. The Morgan fingerprint density at radius 3 is 2.10 bits per heavy atom. The summed E-state index contributed by atoms with van der Waals surface area (Å²) in [5, 5.41) is 15.5. The molecular weight excluding hydrogens is 783 g/mol. The van der Waals surface area contributed by atoms with E-state index in [0.717, 1.165) is 75.3 Å². The molecule has 0 spiro atoms. The molecule has 0 aliphatic carbocycles. The third-order valence-electron chi connectivity index (χ3n) is 9.85. The molecule has 6 aromatic rings. The molecule has 0 saturated carbocycles. The van der Waals surface area contributed by atoms with E-state index >= 15 is 0 Å². The van der Waals surface area contributed by atoms with E-state index < -0.39 is 0 Å². The van der Waals surface area contributed by atoms with Crippen molar-refractivity contribution in [3.8, 4) is 11.3 Å². The molecule has 0 aliphatic rings. The van der Waals surface area contributed by atoms with Gasteiger partial charge in [-0.05, 0) is 62.5 Å². The Hall–Kier alpha value is -3.86. The van der Waals surface area contributed by atoms with Crippen LogP contribution in [0.15, 0.2) is 78.7 Å². The second kappa shape index (κ2) is 15.8. The van der Waals surface area contributed by atoms with Gasteiger partial charge in [-0.3, -0.25) is 9.78 Å². The van der Waals surface area contributed by atoms with Gasteiger partial charge in [0.2, 0.25) is 0 Å². The minimum absolute atomic E-state index is 0. The summed E-state index contributed by atoms with van der Waals surface area (Å²) in [6.45, 7) is 19.1. The first-order valence-corrected chi connectivity index (χ1v) is 17.5. The van der Waals surface area contributed by atoms with Crippen LogP contribution in [0, 0.1) is 31.7 Å². The summed E-state index contributed by atoms with van der Waals surface area (Å²) in [6, 6.07) is 25.1. The number of ketones is 1. The number of hydrogen-bond donors (Lipinski definition) is 1. The number of aliphatic hydroxyl groups excluding tert-OH is 1. The summed E-state index contributed by atoms with van der Waals surface area (Å²) >= 11 is 0. The maximum absolute atomic E-state index is 11.7. The molecule has 0 fully saturated rings. The Labute approximate surface area is 305 Å². The van der Waals surface area contributed by atoms with E-state index in [1.807, 2.05) is 27.7 Å². The van der Waals surface area contributed by atoms with Crippen molar-refractivity contribution in [1.82, 2.24) is 14.4 Å². The van der Waals surface area contributed by atoms with Gasteiger partial charge in [0, 0.05) is 66.4 Å². The quantitative estimate of drug-likeness (QED) is 0.0718. The molecule has 5 nitrogen and oxygen atoms in total. The number of carbonyl (C=O) groups is 1. The van der Waals surface area contributed by atoms with Gasteiger partial charge in [-0.25, -0.2) is 4.98 Å². The van der Waals surface area contributed by atoms with Gasteiger partial charge < -0.3 is 9.51 Å². The van der Waals surface area contributed by atoms with Crippen LogP contribution >= 0.6 is 0 Å². The van der Waals surface area contributed by atoms with Gasteiger partial charge in [0.25, 0.3) is 0 Å². The molecule has 3 aromatic heterocycles. The number of rotatable bonds is 8. The largest absolute Gasteiger partial charge is 0.512 e. The van der Waals surface area contributed by atoms with Gasteiger partial charge in [-0.1, -0.05) is 95.8 Å². The minimum atomic E-state index is 0.